The Morgan fingerprint density at radius 2 is 2.24 bits per heavy atom. The lowest BCUT2D eigenvalue weighted by molar-refractivity contribution is -0.104. The molecule has 0 aromatic carbocycles. The fraction of sp³-hybridized carbons (Fsp3) is 0.667. The summed E-state index contributed by atoms with van der Waals surface area (Å²) in [6, 6.07) is 0. The van der Waals surface area contributed by atoms with Crippen molar-refractivity contribution in [1.29, 1.82) is 0 Å². The van der Waals surface area contributed by atoms with Gasteiger partial charge in [-0.2, -0.15) is 0 Å². The lowest BCUT2D eigenvalue weighted by Crippen LogP contribution is -2.42. The van der Waals surface area contributed by atoms with Gasteiger partial charge in [-0.15, -0.1) is 0 Å². The Kier molecular flexibility index (Phi) is 3.26. The van der Waals surface area contributed by atoms with Crippen molar-refractivity contribution in [2.75, 3.05) is 0 Å². The molecular weight excluding hydrogens is 212 g/mol. The Labute approximate surface area is 103 Å². The Bertz CT molecular complexity index is 392. The topological polar surface area (TPSA) is 37.3 Å². The van der Waals surface area contributed by atoms with Crippen LogP contribution in [-0.2, 0) is 4.79 Å². The van der Waals surface area contributed by atoms with Crippen LogP contribution in [-0.4, -0.2) is 17.5 Å². The molecule has 0 aromatic rings. The van der Waals surface area contributed by atoms with Gasteiger partial charge in [-0.3, -0.25) is 4.79 Å². The highest BCUT2D eigenvalue weighted by atomic mass is 16.3. The second-order valence-electron chi connectivity index (χ2n) is 5.84. The van der Waals surface area contributed by atoms with E-state index in [1.54, 1.807) is 0 Å². The van der Waals surface area contributed by atoms with Crippen LogP contribution in [0.15, 0.2) is 22.8 Å². The normalized spacial score (nSPS) is 40.4. The zero-order chi connectivity index (χ0) is 12.6. The molecule has 1 saturated carbocycles. The van der Waals surface area contributed by atoms with E-state index < -0.39 is 0 Å². The molecule has 2 aliphatic carbocycles. The molecule has 0 aliphatic heterocycles. The lowest BCUT2D eigenvalue weighted by Gasteiger charge is -2.46. The smallest absolute Gasteiger partial charge is 0.146 e. The summed E-state index contributed by atoms with van der Waals surface area (Å²) in [4.78, 5) is 10.9. The van der Waals surface area contributed by atoms with Crippen LogP contribution in [0.2, 0.25) is 0 Å². The number of allylic oxidation sites excluding steroid dienone is 3. The summed E-state index contributed by atoms with van der Waals surface area (Å²) in [5.41, 5.74) is 3.28. The average molecular weight is 234 g/mol. The van der Waals surface area contributed by atoms with Crippen molar-refractivity contribution < 1.29 is 9.90 Å². The summed E-state index contributed by atoms with van der Waals surface area (Å²) in [5, 5.41) is 10.2. The highest BCUT2D eigenvalue weighted by molar-refractivity contribution is 5.75. The SMILES string of the molecule is C/C(C=O)=C1/C=C2[C@@H](C)CC[C@@H](O)[C@]2(C)CC1. The van der Waals surface area contributed by atoms with Gasteiger partial charge in [0, 0.05) is 5.41 Å². The van der Waals surface area contributed by atoms with Gasteiger partial charge in [0.1, 0.15) is 6.29 Å². The van der Waals surface area contributed by atoms with Gasteiger partial charge in [0.25, 0.3) is 0 Å². The van der Waals surface area contributed by atoms with Crippen LogP contribution >= 0.6 is 0 Å². The minimum atomic E-state index is -0.219. The highest BCUT2D eigenvalue weighted by Gasteiger charge is 2.43. The molecule has 1 fully saturated rings. The summed E-state index contributed by atoms with van der Waals surface area (Å²) >= 11 is 0. The summed E-state index contributed by atoms with van der Waals surface area (Å²) in [7, 11) is 0. The molecule has 0 saturated heterocycles. The summed E-state index contributed by atoms with van der Waals surface area (Å²) in [6.07, 6.45) is 6.73. The number of hydrogen-bond acceptors (Lipinski definition) is 2. The summed E-state index contributed by atoms with van der Waals surface area (Å²) in [5.74, 6) is 0.526. The fourth-order valence-electron chi connectivity index (χ4n) is 3.30. The third kappa shape index (κ3) is 1.99. The number of aliphatic hydroxyl groups excluding tert-OH is 1. The van der Waals surface area contributed by atoms with E-state index in [1.165, 1.54) is 5.57 Å². The van der Waals surface area contributed by atoms with E-state index in [1.807, 2.05) is 6.92 Å². The molecule has 1 N–H and O–H groups in total. The predicted molar refractivity (Wildman–Crippen MR) is 68.6 cm³/mol. The van der Waals surface area contributed by atoms with Gasteiger partial charge >= 0.3 is 0 Å². The molecule has 17 heavy (non-hydrogen) atoms. The molecular formula is C15H22O2. The molecule has 0 unspecified atom stereocenters. The Balaban J connectivity index is 2.44. The van der Waals surface area contributed by atoms with E-state index in [9.17, 15) is 9.90 Å². The van der Waals surface area contributed by atoms with Gasteiger partial charge in [-0.1, -0.05) is 25.5 Å². The largest absolute Gasteiger partial charge is 0.392 e. The van der Waals surface area contributed by atoms with Crippen molar-refractivity contribution in [2.45, 2.75) is 52.6 Å². The molecule has 0 amide bonds. The van der Waals surface area contributed by atoms with Crippen LogP contribution in [0.25, 0.3) is 0 Å². The van der Waals surface area contributed by atoms with E-state index in [0.29, 0.717) is 5.92 Å². The van der Waals surface area contributed by atoms with Crippen LogP contribution in [0.4, 0.5) is 0 Å². The fourth-order valence-corrected chi connectivity index (χ4v) is 3.30. The van der Waals surface area contributed by atoms with Gasteiger partial charge in [0.2, 0.25) is 0 Å². The molecule has 2 aliphatic rings. The van der Waals surface area contributed by atoms with E-state index in [0.717, 1.165) is 43.1 Å². The van der Waals surface area contributed by atoms with Crippen molar-refractivity contribution in [1.82, 2.24) is 0 Å². The first-order valence-electron chi connectivity index (χ1n) is 6.54. The van der Waals surface area contributed by atoms with Gasteiger partial charge in [0.05, 0.1) is 6.10 Å². The van der Waals surface area contributed by atoms with Gasteiger partial charge in [-0.25, -0.2) is 0 Å². The summed E-state index contributed by atoms with van der Waals surface area (Å²) < 4.78 is 0. The maximum Gasteiger partial charge on any atom is 0.146 e. The van der Waals surface area contributed by atoms with Crippen molar-refractivity contribution in [3.05, 3.63) is 22.8 Å². The van der Waals surface area contributed by atoms with Crippen LogP contribution in [0.3, 0.4) is 0 Å². The van der Waals surface area contributed by atoms with E-state index >= 15 is 0 Å². The lowest BCUT2D eigenvalue weighted by atomic mass is 9.60. The maximum atomic E-state index is 10.9. The van der Waals surface area contributed by atoms with Crippen molar-refractivity contribution in [2.24, 2.45) is 11.3 Å². The Hall–Kier alpha value is -0.890. The van der Waals surface area contributed by atoms with E-state index in [-0.39, 0.29) is 11.5 Å². The van der Waals surface area contributed by atoms with E-state index in [2.05, 4.69) is 19.9 Å². The monoisotopic (exact) mass is 234 g/mol. The van der Waals surface area contributed by atoms with Gasteiger partial charge in [0.15, 0.2) is 0 Å². The second-order valence-corrected chi connectivity index (χ2v) is 5.84. The van der Waals surface area contributed by atoms with Crippen LogP contribution < -0.4 is 0 Å². The predicted octanol–water partition coefficient (Wildman–Crippen LogP) is 3.02. The first-order valence-corrected chi connectivity index (χ1v) is 6.54. The Morgan fingerprint density at radius 1 is 1.53 bits per heavy atom. The minimum Gasteiger partial charge on any atom is -0.392 e. The minimum absolute atomic E-state index is 0.0651. The molecule has 0 heterocycles. The number of aliphatic hydroxyl groups is 1. The standard InChI is InChI=1S/C15H22O2/c1-10-4-5-14(17)15(3)7-6-12(8-13(10)15)11(2)9-16/h8-10,14,17H,4-7H2,1-3H3/b12-11-/t10-,14+,15+/m0/s1. The third-order valence-corrected chi connectivity index (χ3v) is 4.73. The van der Waals surface area contributed by atoms with Crippen LogP contribution in [0, 0.1) is 11.3 Å². The molecule has 94 valence electrons. The first-order chi connectivity index (χ1) is 7.99. The number of aldehydes is 1. The quantitative estimate of drug-likeness (QED) is 0.559. The van der Waals surface area contributed by atoms with Crippen molar-refractivity contribution >= 4 is 6.29 Å². The first kappa shape index (κ1) is 12.6. The molecule has 0 radical (unpaired) electrons. The van der Waals surface area contributed by atoms with Gasteiger partial charge in [-0.05, 0) is 49.7 Å². The van der Waals surface area contributed by atoms with E-state index in [4.69, 9.17) is 0 Å². The van der Waals surface area contributed by atoms with Crippen LogP contribution in [0.5, 0.6) is 0 Å². The molecule has 2 rings (SSSR count). The van der Waals surface area contributed by atoms with Crippen molar-refractivity contribution in [3.63, 3.8) is 0 Å². The average Bonchev–Trinajstić information content (AvgIpc) is 2.33. The zero-order valence-corrected chi connectivity index (χ0v) is 11.0. The third-order valence-electron chi connectivity index (χ3n) is 4.73. The number of hydrogen-bond donors (Lipinski definition) is 1. The molecule has 0 aromatic heterocycles. The second kappa shape index (κ2) is 4.41. The number of fused-ring (bicyclic) bond motifs is 1. The number of carbonyl (C=O) groups is 1. The molecule has 0 spiro atoms. The summed E-state index contributed by atoms with van der Waals surface area (Å²) in [6.45, 7) is 6.29. The van der Waals surface area contributed by atoms with Crippen molar-refractivity contribution in [3.8, 4) is 0 Å². The number of rotatable bonds is 1. The molecule has 2 nitrogen and oxygen atoms in total. The Morgan fingerprint density at radius 3 is 2.88 bits per heavy atom. The number of carbonyl (C=O) groups excluding carboxylic acids is 1. The van der Waals surface area contributed by atoms with Gasteiger partial charge < -0.3 is 5.11 Å². The highest BCUT2D eigenvalue weighted by Crippen LogP contribution is 2.50. The zero-order valence-electron chi connectivity index (χ0n) is 11.0. The molecule has 2 heteroatoms. The molecule has 3 atom stereocenters. The molecule has 0 bridgehead atoms. The van der Waals surface area contributed by atoms with Crippen LogP contribution in [0.1, 0.15) is 46.5 Å². The maximum absolute atomic E-state index is 10.9.